The highest BCUT2D eigenvalue weighted by atomic mass is 16.5. The Labute approximate surface area is 122 Å². The van der Waals surface area contributed by atoms with Gasteiger partial charge < -0.3 is 9.84 Å². The first-order chi connectivity index (χ1) is 10.3. The molecule has 21 heavy (non-hydrogen) atoms. The maximum Gasteiger partial charge on any atom is 0.230 e. The molecule has 0 bridgehead atoms. The summed E-state index contributed by atoms with van der Waals surface area (Å²) in [6, 6.07) is 9.11. The zero-order chi connectivity index (χ0) is 14.7. The maximum atomic E-state index is 12.1. The lowest BCUT2D eigenvalue weighted by molar-refractivity contribution is -0.115. The second kappa shape index (κ2) is 5.80. The molecular formula is C16H15N3O2. The summed E-state index contributed by atoms with van der Waals surface area (Å²) in [7, 11) is 0. The number of nitrogens with zero attached hydrogens (tertiary/aromatic N) is 2. The van der Waals surface area contributed by atoms with Gasteiger partial charge in [0.05, 0.1) is 18.1 Å². The number of nitriles is 1. The van der Waals surface area contributed by atoms with E-state index in [1.807, 2.05) is 6.07 Å². The number of hydrogen-bond donors (Lipinski definition) is 1. The topological polar surface area (TPSA) is 78.9 Å². The van der Waals surface area contributed by atoms with E-state index >= 15 is 0 Å². The Balaban J connectivity index is 1.69. The largest absolute Gasteiger partial charge is 0.359 e. The van der Waals surface area contributed by atoms with Crippen LogP contribution in [0.25, 0.3) is 0 Å². The number of anilines is 1. The van der Waals surface area contributed by atoms with E-state index in [-0.39, 0.29) is 12.3 Å². The molecule has 0 aliphatic heterocycles. The molecule has 0 spiro atoms. The highest BCUT2D eigenvalue weighted by Gasteiger charge is 2.20. The van der Waals surface area contributed by atoms with Crippen molar-refractivity contribution < 1.29 is 9.32 Å². The minimum atomic E-state index is -0.147. The van der Waals surface area contributed by atoms with E-state index in [1.54, 1.807) is 18.2 Å². The first kappa shape index (κ1) is 13.4. The third kappa shape index (κ3) is 2.95. The number of fused-ring (bicyclic) bond motifs is 1. The van der Waals surface area contributed by atoms with Crippen LogP contribution in [0.1, 0.15) is 35.3 Å². The van der Waals surface area contributed by atoms with E-state index in [9.17, 15) is 4.79 Å². The Hall–Kier alpha value is -2.61. The molecule has 5 nitrogen and oxygen atoms in total. The average Bonchev–Trinajstić information content (AvgIpc) is 2.91. The quantitative estimate of drug-likeness (QED) is 0.937. The fourth-order valence-electron chi connectivity index (χ4n) is 2.60. The highest BCUT2D eigenvalue weighted by molar-refractivity contribution is 5.92. The fraction of sp³-hybridized carbons (Fsp3) is 0.312. The number of amides is 1. The van der Waals surface area contributed by atoms with Crippen LogP contribution in [0.4, 0.5) is 5.82 Å². The number of benzene rings is 1. The van der Waals surface area contributed by atoms with Crippen LogP contribution < -0.4 is 5.32 Å². The molecule has 1 amide bonds. The van der Waals surface area contributed by atoms with Gasteiger partial charge in [-0.2, -0.15) is 5.26 Å². The van der Waals surface area contributed by atoms with E-state index in [4.69, 9.17) is 9.78 Å². The first-order valence-corrected chi connectivity index (χ1v) is 7.02. The summed E-state index contributed by atoms with van der Waals surface area (Å²) in [5, 5.41) is 15.6. The van der Waals surface area contributed by atoms with Crippen molar-refractivity contribution in [1.29, 1.82) is 5.26 Å². The van der Waals surface area contributed by atoms with Gasteiger partial charge in [0.1, 0.15) is 5.76 Å². The van der Waals surface area contributed by atoms with Gasteiger partial charge in [-0.05, 0) is 37.0 Å². The standard InChI is InChI=1S/C16H15N3O2/c17-10-12-5-3-4-11(8-12)9-15(20)18-16-13-6-1-2-7-14(13)21-19-16/h3-5,8H,1-2,6-7,9H2,(H,18,19,20). The van der Waals surface area contributed by atoms with Crippen LogP contribution in [0.5, 0.6) is 0 Å². The van der Waals surface area contributed by atoms with Crippen molar-refractivity contribution in [2.45, 2.75) is 32.1 Å². The van der Waals surface area contributed by atoms with E-state index in [0.29, 0.717) is 11.4 Å². The molecular weight excluding hydrogens is 266 g/mol. The van der Waals surface area contributed by atoms with Crippen LogP contribution >= 0.6 is 0 Å². The third-order valence-corrected chi connectivity index (χ3v) is 3.63. The summed E-state index contributed by atoms with van der Waals surface area (Å²) in [4.78, 5) is 12.1. The van der Waals surface area contributed by atoms with Crippen LogP contribution in [0.2, 0.25) is 0 Å². The predicted octanol–water partition coefficient (Wildman–Crippen LogP) is 2.61. The second-order valence-corrected chi connectivity index (χ2v) is 5.18. The third-order valence-electron chi connectivity index (χ3n) is 3.63. The summed E-state index contributed by atoms with van der Waals surface area (Å²) in [6.45, 7) is 0. The van der Waals surface area contributed by atoms with Crippen LogP contribution in [-0.2, 0) is 24.1 Å². The predicted molar refractivity (Wildman–Crippen MR) is 76.6 cm³/mol. The molecule has 5 heteroatoms. The molecule has 1 aromatic heterocycles. The normalized spacial score (nSPS) is 13.3. The SMILES string of the molecule is N#Cc1cccc(CC(=O)Nc2noc3c2CCCC3)c1. The van der Waals surface area contributed by atoms with Crippen molar-refractivity contribution in [3.63, 3.8) is 0 Å². The molecule has 0 radical (unpaired) electrons. The Bertz CT molecular complexity index is 713. The summed E-state index contributed by atoms with van der Waals surface area (Å²) in [6.07, 6.45) is 4.22. The molecule has 1 aliphatic rings. The summed E-state index contributed by atoms with van der Waals surface area (Å²) < 4.78 is 5.27. The molecule has 3 rings (SSSR count). The molecule has 2 aromatic rings. The fourth-order valence-corrected chi connectivity index (χ4v) is 2.60. The number of hydrogen-bond acceptors (Lipinski definition) is 4. The monoisotopic (exact) mass is 281 g/mol. The van der Waals surface area contributed by atoms with Crippen LogP contribution in [-0.4, -0.2) is 11.1 Å². The Morgan fingerprint density at radius 1 is 1.38 bits per heavy atom. The van der Waals surface area contributed by atoms with Gasteiger partial charge in [-0.3, -0.25) is 4.79 Å². The molecule has 0 atom stereocenters. The van der Waals surface area contributed by atoms with Gasteiger partial charge in [0, 0.05) is 12.0 Å². The first-order valence-electron chi connectivity index (χ1n) is 7.02. The van der Waals surface area contributed by atoms with Crippen LogP contribution in [0.15, 0.2) is 28.8 Å². The zero-order valence-corrected chi connectivity index (χ0v) is 11.6. The number of rotatable bonds is 3. The molecule has 0 unspecified atom stereocenters. The Morgan fingerprint density at radius 2 is 2.24 bits per heavy atom. The number of nitrogens with one attached hydrogen (secondary N) is 1. The molecule has 0 saturated heterocycles. The zero-order valence-electron chi connectivity index (χ0n) is 11.6. The van der Waals surface area contributed by atoms with Crippen LogP contribution in [0.3, 0.4) is 0 Å². The number of aryl methyl sites for hydroxylation is 1. The van der Waals surface area contributed by atoms with Crippen molar-refractivity contribution in [2.75, 3.05) is 5.32 Å². The van der Waals surface area contributed by atoms with Gasteiger partial charge in [0.2, 0.25) is 5.91 Å². The Morgan fingerprint density at radius 3 is 3.10 bits per heavy atom. The van der Waals surface area contributed by atoms with Gasteiger partial charge in [-0.25, -0.2) is 0 Å². The second-order valence-electron chi connectivity index (χ2n) is 5.18. The summed E-state index contributed by atoms with van der Waals surface area (Å²) in [5.74, 6) is 1.29. The van der Waals surface area contributed by atoms with Gasteiger partial charge in [0.15, 0.2) is 5.82 Å². The van der Waals surface area contributed by atoms with E-state index in [2.05, 4.69) is 16.5 Å². The molecule has 0 saturated carbocycles. The van der Waals surface area contributed by atoms with Gasteiger partial charge in [-0.15, -0.1) is 0 Å². The lowest BCUT2D eigenvalue weighted by atomic mass is 9.98. The molecule has 1 N–H and O–H groups in total. The minimum Gasteiger partial charge on any atom is -0.359 e. The van der Waals surface area contributed by atoms with Crippen molar-refractivity contribution in [3.05, 3.63) is 46.7 Å². The molecule has 1 aliphatic carbocycles. The highest BCUT2D eigenvalue weighted by Crippen LogP contribution is 2.27. The van der Waals surface area contributed by atoms with Gasteiger partial charge in [-0.1, -0.05) is 17.3 Å². The average molecular weight is 281 g/mol. The van der Waals surface area contributed by atoms with Crippen molar-refractivity contribution >= 4 is 11.7 Å². The Kier molecular flexibility index (Phi) is 3.69. The molecule has 1 aromatic carbocycles. The van der Waals surface area contributed by atoms with E-state index in [0.717, 1.165) is 42.6 Å². The molecule has 1 heterocycles. The lowest BCUT2D eigenvalue weighted by Crippen LogP contribution is -2.16. The molecule has 106 valence electrons. The maximum absolute atomic E-state index is 12.1. The minimum absolute atomic E-state index is 0.147. The van der Waals surface area contributed by atoms with Crippen LogP contribution in [0, 0.1) is 11.3 Å². The molecule has 0 fully saturated rings. The van der Waals surface area contributed by atoms with Crippen molar-refractivity contribution in [2.24, 2.45) is 0 Å². The smallest absolute Gasteiger partial charge is 0.230 e. The summed E-state index contributed by atoms with van der Waals surface area (Å²) in [5.41, 5.74) is 2.39. The van der Waals surface area contributed by atoms with Gasteiger partial charge >= 0.3 is 0 Å². The number of aromatic nitrogens is 1. The number of carbonyl (C=O) groups excluding carboxylic acids is 1. The van der Waals surface area contributed by atoms with Crippen molar-refractivity contribution in [1.82, 2.24) is 5.16 Å². The summed E-state index contributed by atoms with van der Waals surface area (Å²) >= 11 is 0. The van der Waals surface area contributed by atoms with E-state index in [1.165, 1.54) is 0 Å². The van der Waals surface area contributed by atoms with Crippen molar-refractivity contribution in [3.8, 4) is 6.07 Å². The van der Waals surface area contributed by atoms with E-state index < -0.39 is 0 Å². The van der Waals surface area contributed by atoms with Gasteiger partial charge in [0.25, 0.3) is 0 Å². The lowest BCUT2D eigenvalue weighted by Gasteiger charge is -2.09. The number of carbonyl (C=O) groups is 1.